The number of nitrogens with zero attached hydrogens (tertiary/aromatic N) is 1. The van der Waals surface area contributed by atoms with Crippen LogP contribution < -0.4 is 30.7 Å². The summed E-state index contributed by atoms with van der Waals surface area (Å²) in [5.41, 5.74) is 1.51. The number of carbonyl (C=O) groups excluding carboxylic acids is 5. The van der Waals surface area contributed by atoms with Gasteiger partial charge in [-0.2, -0.15) is 0 Å². The highest BCUT2D eigenvalue weighted by molar-refractivity contribution is 6.00. The van der Waals surface area contributed by atoms with Gasteiger partial charge in [0.15, 0.2) is 0 Å². The number of halogens is 1. The molecule has 2 aliphatic rings. The Morgan fingerprint density at radius 2 is 1.52 bits per heavy atom. The van der Waals surface area contributed by atoms with Crippen molar-refractivity contribution in [1.82, 2.24) is 26.2 Å². The van der Waals surface area contributed by atoms with Gasteiger partial charge in [-0.15, -0.1) is 0 Å². The number of nitrogens with one attached hydrogen (secondary N) is 4. The molecule has 1 fully saturated rings. The molecule has 0 aliphatic carbocycles. The van der Waals surface area contributed by atoms with E-state index in [0.29, 0.717) is 38.9 Å². The van der Waals surface area contributed by atoms with Crippen LogP contribution in [0.1, 0.15) is 63.9 Å². The second-order valence-electron chi connectivity index (χ2n) is 15.2. The minimum Gasteiger partial charge on any atom is -0.493 e. The van der Waals surface area contributed by atoms with Crippen molar-refractivity contribution >= 4 is 29.5 Å². The lowest BCUT2D eigenvalue weighted by atomic mass is 9.74. The molecule has 4 aromatic rings. The summed E-state index contributed by atoms with van der Waals surface area (Å²) in [5.74, 6) is -2.07. The summed E-state index contributed by atoms with van der Waals surface area (Å²) in [4.78, 5) is 69.5. The zero-order valence-electron chi connectivity index (χ0n) is 33.8. The molecule has 2 heterocycles. The molecule has 0 radical (unpaired) electrons. The van der Waals surface area contributed by atoms with E-state index < -0.39 is 35.2 Å². The fourth-order valence-electron chi connectivity index (χ4n) is 7.43. The minimum absolute atomic E-state index is 0.00155. The first-order chi connectivity index (χ1) is 29.1. The highest BCUT2D eigenvalue weighted by atomic mass is 19.1. The van der Waals surface area contributed by atoms with Gasteiger partial charge in [0.25, 0.3) is 11.8 Å². The molecule has 4 aromatic carbocycles. The number of likely N-dealkylation sites (N-methyl/N-ethyl adjacent to an activating group) is 1. The molecule has 14 heteroatoms. The van der Waals surface area contributed by atoms with Gasteiger partial charge in [0.2, 0.25) is 17.7 Å². The van der Waals surface area contributed by atoms with Crippen LogP contribution in [0.4, 0.5) is 4.39 Å². The average Bonchev–Trinajstić information content (AvgIpc) is 3.26. The van der Waals surface area contributed by atoms with E-state index in [1.165, 1.54) is 24.1 Å². The van der Waals surface area contributed by atoms with E-state index in [9.17, 15) is 28.4 Å². The standard InChI is InChI=1S/C46H52FN5O8/c1-52-29-42(54)48-23-10-24-59-39-17-7-5-15-36(39)43(55)51-38(44(56)49-31-46(21-25-58-26-22-46)33-13-9-14-34(47)28-33)19-20-41(53)50-35(27-32-11-3-2-4-12-32)30-60-40-18-8-6-16-37(40)45(52)57/h2-9,11-18,28,35,38H,10,19-27,29-31H2,1H3,(H,48,54)(H,49,56)(H,50,53)(H,51,55)/t35-,38-/m0/s1. The highest BCUT2D eigenvalue weighted by Crippen LogP contribution is 2.35. The van der Waals surface area contributed by atoms with Crippen LogP contribution in [0.2, 0.25) is 0 Å². The van der Waals surface area contributed by atoms with Crippen LogP contribution in [0.3, 0.4) is 0 Å². The van der Waals surface area contributed by atoms with Crippen molar-refractivity contribution in [3.05, 3.63) is 131 Å². The molecule has 316 valence electrons. The summed E-state index contributed by atoms with van der Waals surface area (Å²) in [6.45, 7) is 1.24. The third-order valence-electron chi connectivity index (χ3n) is 10.8. The second-order valence-corrected chi connectivity index (χ2v) is 15.2. The first-order valence-corrected chi connectivity index (χ1v) is 20.3. The molecule has 60 heavy (non-hydrogen) atoms. The van der Waals surface area contributed by atoms with Crippen LogP contribution in [-0.2, 0) is 31.0 Å². The van der Waals surface area contributed by atoms with Gasteiger partial charge in [0.05, 0.1) is 30.3 Å². The molecule has 0 saturated carbocycles. The largest absolute Gasteiger partial charge is 0.493 e. The number of amides is 5. The molecule has 2 aliphatic heterocycles. The van der Waals surface area contributed by atoms with Gasteiger partial charge >= 0.3 is 0 Å². The summed E-state index contributed by atoms with van der Waals surface area (Å²) < 4.78 is 32.3. The van der Waals surface area contributed by atoms with E-state index in [-0.39, 0.29) is 85.9 Å². The normalized spacial score (nSPS) is 19.8. The van der Waals surface area contributed by atoms with Gasteiger partial charge in [-0.3, -0.25) is 24.0 Å². The maximum absolute atomic E-state index is 14.4. The van der Waals surface area contributed by atoms with Crippen molar-refractivity contribution in [2.45, 2.75) is 56.0 Å². The van der Waals surface area contributed by atoms with Crippen LogP contribution in [0.5, 0.6) is 11.5 Å². The number of fused-ring (bicyclic) bond motifs is 2. The van der Waals surface area contributed by atoms with E-state index in [1.807, 2.05) is 36.4 Å². The van der Waals surface area contributed by atoms with E-state index in [4.69, 9.17) is 14.2 Å². The van der Waals surface area contributed by atoms with E-state index in [1.54, 1.807) is 54.6 Å². The van der Waals surface area contributed by atoms with Crippen LogP contribution in [0, 0.1) is 5.82 Å². The van der Waals surface area contributed by atoms with Crippen LogP contribution in [0.25, 0.3) is 0 Å². The van der Waals surface area contributed by atoms with Crippen molar-refractivity contribution in [1.29, 1.82) is 0 Å². The number of rotatable bonds is 6. The fraction of sp³-hybridized carbons (Fsp3) is 0.370. The molecule has 0 aromatic heterocycles. The molecule has 13 nitrogen and oxygen atoms in total. The smallest absolute Gasteiger partial charge is 0.257 e. The van der Waals surface area contributed by atoms with Crippen molar-refractivity contribution in [3.8, 4) is 11.5 Å². The monoisotopic (exact) mass is 821 g/mol. The zero-order chi connectivity index (χ0) is 42.3. The Morgan fingerprint density at radius 3 is 2.27 bits per heavy atom. The molecule has 2 atom stereocenters. The molecule has 0 bridgehead atoms. The lowest BCUT2D eigenvalue weighted by molar-refractivity contribution is -0.125. The van der Waals surface area contributed by atoms with Gasteiger partial charge in [-0.1, -0.05) is 66.7 Å². The maximum Gasteiger partial charge on any atom is 0.257 e. The Kier molecular flexibility index (Phi) is 15.2. The lowest BCUT2D eigenvalue weighted by Crippen LogP contribution is -2.52. The van der Waals surface area contributed by atoms with Crippen LogP contribution in [-0.4, -0.2) is 99.6 Å². The van der Waals surface area contributed by atoms with Crippen molar-refractivity contribution in [2.75, 3.05) is 53.1 Å². The Hall–Kier alpha value is -6.28. The quantitative estimate of drug-likeness (QED) is 0.223. The van der Waals surface area contributed by atoms with Gasteiger partial charge in [0, 0.05) is 45.2 Å². The van der Waals surface area contributed by atoms with Crippen molar-refractivity contribution in [3.63, 3.8) is 0 Å². The van der Waals surface area contributed by atoms with Crippen molar-refractivity contribution < 1.29 is 42.6 Å². The van der Waals surface area contributed by atoms with Gasteiger partial charge < -0.3 is 40.4 Å². The fourth-order valence-corrected chi connectivity index (χ4v) is 7.43. The van der Waals surface area contributed by atoms with E-state index in [0.717, 1.165) is 11.1 Å². The molecule has 4 N–H and O–H groups in total. The predicted molar refractivity (Wildman–Crippen MR) is 222 cm³/mol. The number of hydrogen-bond acceptors (Lipinski definition) is 8. The summed E-state index contributed by atoms with van der Waals surface area (Å²) in [6.07, 6.45) is 1.70. The Labute approximate surface area is 349 Å². The highest BCUT2D eigenvalue weighted by Gasteiger charge is 2.36. The Bertz CT molecular complexity index is 2110. The topological polar surface area (TPSA) is 164 Å². The zero-order valence-corrected chi connectivity index (χ0v) is 33.8. The number of ether oxygens (including phenoxy) is 3. The van der Waals surface area contributed by atoms with Gasteiger partial charge in [-0.25, -0.2) is 4.39 Å². The summed E-state index contributed by atoms with van der Waals surface area (Å²) >= 11 is 0. The Balaban J connectivity index is 1.26. The number of carbonyl (C=O) groups is 5. The van der Waals surface area contributed by atoms with E-state index in [2.05, 4.69) is 21.3 Å². The van der Waals surface area contributed by atoms with Crippen LogP contribution >= 0.6 is 0 Å². The minimum atomic E-state index is -1.14. The number of benzene rings is 4. The Morgan fingerprint density at radius 1 is 0.817 bits per heavy atom. The number of hydrogen-bond donors (Lipinski definition) is 4. The molecular weight excluding hydrogens is 770 g/mol. The molecule has 5 amide bonds. The van der Waals surface area contributed by atoms with Crippen molar-refractivity contribution in [2.24, 2.45) is 0 Å². The summed E-state index contributed by atoms with van der Waals surface area (Å²) in [6, 6.07) is 27.5. The molecule has 0 spiro atoms. The lowest BCUT2D eigenvalue weighted by Gasteiger charge is -2.38. The SMILES string of the molecule is CN1CC(=O)NCCCOc2ccccc2C(=O)N[C@H](C(=O)NCC2(c3cccc(F)c3)CCOCC2)CCC(=O)N[C@@H](Cc2ccccc2)COc2ccccc2C1=O. The predicted octanol–water partition coefficient (Wildman–Crippen LogP) is 4.35. The molecule has 0 unspecified atom stereocenters. The molecule has 1 saturated heterocycles. The van der Waals surface area contributed by atoms with Crippen LogP contribution in [0.15, 0.2) is 103 Å². The first kappa shape index (κ1) is 43.3. The molecular formula is C46H52FN5O8. The second kappa shape index (κ2) is 21.1. The summed E-state index contributed by atoms with van der Waals surface area (Å²) in [5, 5.41) is 11.7. The maximum atomic E-state index is 14.4. The molecule has 6 rings (SSSR count). The third kappa shape index (κ3) is 11.9. The average molecular weight is 822 g/mol. The summed E-state index contributed by atoms with van der Waals surface area (Å²) in [7, 11) is 1.53. The third-order valence-corrected chi connectivity index (χ3v) is 10.8. The van der Waals surface area contributed by atoms with Gasteiger partial charge in [0.1, 0.15) is 30.0 Å². The van der Waals surface area contributed by atoms with E-state index >= 15 is 0 Å². The first-order valence-electron chi connectivity index (χ1n) is 20.3. The number of para-hydroxylation sites is 2. The van der Waals surface area contributed by atoms with Gasteiger partial charge in [-0.05, 0) is 79.6 Å².